The van der Waals surface area contributed by atoms with Crippen molar-refractivity contribution in [3.63, 3.8) is 0 Å². The minimum atomic E-state index is -5.08. The van der Waals surface area contributed by atoms with Crippen LogP contribution in [0.1, 0.15) is 17.5 Å². The Labute approximate surface area is 259 Å². The van der Waals surface area contributed by atoms with E-state index in [1.54, 1.807) is 18.2 Å². The molecule has 6 N–H and O–H groups in total. The summed E-state index contributed by atoms with van der Waals surface area (Å²) in [6, 6.07) is 32.1. The van der Waals surface area contributed by atoms with Gasteiger partial charge in [0.25, 0.3) is 0 Å². The Balaban J connectivity index is 0.000000707. The molecule has 0 radical (unpaired) electrons. The number of amidine groups is 1. The third-order valence-electron chi connectivity index (χ3n) is 6.49. The van der Waals surface area contributed by atoms with Crippen LogP contribution in [-0.2, 0) is 21.2 Å². The average Bonchev–Trinajstić information content (AvgIpc) is 3.00. The fourth-order valence-electron chi connectivity index (χ4n) is 4.31. The van der Waals surface area contributed by atoms with Crippen LogP contribution in [0.5, 0.6) is 5.75 Å². The molecule has 0 atom stereocenters. The predicted octanol–water partition coefficient (Wildman–Crippen LogP) is 5.44. The second-order valence-electron chi connectivity index (χ2n) is 9.76. The summed E-state index contributed by atoms with van der Waals surface area (Å²) in [5, 5.41) is 20.3. The number of nitrogen functional groups attached to an aromatic ring is 1. The van der Waals surface area contributed by atoms with Crippen molar-refractivity contribution >= 4 is 27.5 Å². The second-order valence-corrected chi connectivity index (χ2v) is 11.3. The van der Waals surface area contributed by atoms with Gasteiger partial charge in [-0.1, -0.05) is 72.8 Å². The SMILES string of the molecule is N=C(N)c1cccc(N(CCCc2ccc(-c3ccccc3S(N)(=O)=O)cc2)CCOc2ccccc2)c1.O=C(O)C(F)(F)F. The van der Waals surface area contributed by atoms with E-state index in [1.807, 2.05) is 78.9 Å². The lowest BCUT2D eigenvalue weighted by Crippen LogP contribution is -2.30. The first-order valence-electron chi connectivity index (χ1n) is 13.6. The third-order valence-corrected chi connectivity index (χ3v) is 7.46. The highest BCUT2D eigenvalue weighted by atomic mass is 32.2. The summed E-state index contributed by atoms with van der Waals surface area (Å²) in [6.45, 7) is 1.99. The van der Waals surface area contributed by atoms with Gasteiger partial charge in [0.15, 0.2) is 0 Å². The smallest absolute Gasteiger partial charge is 0.490 e. The Kier molecular flexibility index (Phi) is 12.1. The van der Waals surface area contributed by atoms with E-state index < -0.39 is 22.2 Å². The number of carboxylic acid groups (broad SMARTS) is 1. The van der Waals surface area contributed by atoms with E-state index in [9.17, 15) is 21.6 Å². The third kappa shape index (κ3) is 11.0. The number of hydrogen-bond acceptors (Lipinski definition) is 6. The molecule has 9 nitrogen and oxygen atoms in total. The number of alkyl halides is 3. The number of halogens is 3. The van der Waals surface area contributed by atoms with Gasteiger partial charge >= 0.3 is 12.1 Å². The lowest BCUT2D eigenvalue weighted by Gasteiger charge is -2.25. The normalized spacial score (nSPS) is 11.2. The molecule has 4 aromatic carbocycles. The van der Waals surface area contributed by atoms with Crippen molar-refractivity contribution < 1.29 is 36.2 Å². The number of nitrogens with one attached hydrogen (secondary N) is 1. The molecular formula is C32H33F3N4O5S. The minimum absolute atomic E-state index is 0.0384. The molecule has 4 rings (SSSR count). The van der Waals surface area contributed by atoms with E-state index >= 15 is 0 Å². The summed E-state index contributed by atoms with van der Waals surface area (Å²) in [7, 11) is -3.81. The molecule has 0 aromatic heterocycles. The number of carboxylic acids is 1. The highest BCUT2D eigenvalue weighted by Crippen LogP contribution is 2.27. The summed E-state index contributed by atoms with van der Waals surface area (Å²) in [5.41, 5.74) is 9.95. The number of para-hydroxylation sites is 1. The topological polar surface area (TPSA) is 160 Å². The molecular weight excluding hydrogens is 609 g/mol. The maximum atomic E-state index is 12.0. The second kappa shape index (κ2) is 15.7. The van der Waals surface area contributed by atoms with E-state index in [4.69, 9.17) is 30.9 Å². The van der Waals surface area contributed by atoms with Crippen molar-refractivity contribution in [2.24, 2.45) is 10.9 Å². The zero-order valence-electron chi connectivity index (χ0n) is 24.1. The van der Waals surface area contributed by atoms with Crippen LogP contribution in [-0.4, -0.2) is 51.2 Å². The number of primary sulfonamides is 1. The molecule has 0 saturated carbocycles. The van der Waals surface area contributed by atoms with Crippen LogP contribution in [0.3, 0.4) is 0 Å². The highest BCUT2D eigenvalue weighted by Gasteiger charge is 2.38. The molecule has 4 aromatic rings. The van der Waals surface area contributed by atoms with Crippen molar-refractivity contribution in [1.82, 2.24) is 0 Å². The molecule has 0 bridgehead atoms. The molecule has 0 saturated heterocycles. The molecule has 0 aliphatic rings. The van der Waals surface area contributed by atoms with Crippen LogP contribution in [0, 0.1) is 5.41 Å². The Morgan fingerprint density at radius 1 is 0.889 bits per heavy atom. The summed E-state index contributed by atoms with van der Waals surface area (Å²) in [4.78, 5) is 11.3. The van der Waals surface area contributed by atoms with Crippen LogP contribution < -0.4 is 20.5 Å². The number of nitrogens with zero attached hydrogens (tertiary/aromatic N) is 1. The van der Waals surface area contributed by atoms with Gasteiger partial charge in [-0.15, -0.1) is 0 Å². The minimum Gasteiger partial charge on any atom is -0.492 e. The number of aryl methyl sites for hydroxylation is 1. The Morgan fingerprint density at radius 3 is 2.11 bits per heavy atom. The van der Waals surface area contributed by atoms with Gasteiger partial charge in [-0.2, -0.15) is 13.2 Å². The molecule has 238 valence electrons. The summed E-state index contributed by atoms with van der Waals surface area (Å²) in [5.74, 6) is -1.89. The van der Waals surface area contributed by atoms with Crippen LogP contribution in [0.4, 0.5) is 18.9 Å². The average molecular weight is 643 g/mol. The molecule has 0 aliphatic carbocycles. The molecule has 0 amide bonds. The molecule has 0 heterocycles. The van der Waals surface area contributed by atoms with E-state index in [2.05, 4.69) is 4.90 Å². The van der Waals surface area contributed by atoms with E-state index in [-0.39, 0.29) is 10.7 Å². The molecule has 0 unspecified atom stereocenters. The van der Waals surface area contributed by atoms with Gasteiger partial charge in [0.1, 0.15) is 18.2 Å². The van der Waals surface area contributed by atoms with Crippen LogP contribution in [0.25, 0.3) is 11.1 Å². The standard InChI is InChI=1S/C30H32N4O3S.C2HF3O2/c31-30(32)25-9-6-10-26(22-25)34(20-21-37-27-11-2-1-3-12-27)19-7-8-23-15-17-24(18-16-23)28-13-4-5-14-29(28)38(33,35)36;3-2(4,5)1(6)7/h1-6,9-18,22H,7-8,19-21H2,(H3,31,32)(H2,33,35,36);(H,6,7). The first-order valence-corrected chi connectivity index (χ1v) is 15.2. The Morgan fingerprint density at radius 2 is 1.51 bits per heavy atom. The largest absolute Gasteiger partial charge is 0.492 e. The van der Waals surface area contributed by atoms with Crippen molar-refractivity contribution in [3.8, 4) is 16.9 Å². The van der Waals surface area contributed by atoms with Gasteiger partial charge in [0.05, 0.1) is 11.4 Å². The number of rotatable bonds is 12. The van der Waals surface area contributed by atoms with Crippen molar-refractivity contribution in [2.75, 3.05) is 24.6 Å². The zero-order chi connectivity index (χ0) is 33.0. The zero-order valence-corrected chi connectivity index (χ0v) is 24.9. The first kappa shape index (κ1) is 34.6. The number of anilines is 1. The fraction of sp³-hybridized carbons (Fsp3) is 0.188. The lowest BCUT2D eigenvalue weighted by molar-refractivity contribution is -0.192. The van der Waals surface area contributed by atoms with E-state index in [1.165, 1.54) is 6.07 Å². The van der Waals surface area contributed by atoms with E-state index in [0.717, 1.165) is 42.0 Å². The first-order chi connectivity index (χ1) is 21.3. The highest BCUT2D eigenvalue weighted by molar-refractivity contribution is 7.89. The maximum Gasteiger partial charge on any atom is 0.490 e. The van der Waals surface area contributed by atoms with Crippen LogP contribution in [0.2, 0.25) is 0 Å². The van der Waals surface area contributed by atoms with Gasteiger partial charge in [-0.3, -0.25) is 5.41 Å². The van der Waals surface area contributed by atoms with Crippen molar-refractivity contribution in [2.45, 2.75) is 23.9 Å². The van der Waals surface area contributed by atoms with Crippen LogP contribution >= 0.6 is 0 Å². The van der Waals surface area contributed by atoms with Crippen molar-refractivity contribution in [1.29, 1.82) is 5.41 Å². The lowest BCUT2D eigenvalue weighted by atomic mass is 10.0. The number of carbonyl (C=O) groups is 1. The maximum absolute atomic E-state index is 12.0. The summed E-state index contributed by atoms with van der Waals surface area (Å²) < 4.78 is 61.6. The van der Waals surface area contributed by atoms with Gasteiger partial charge in [-0.25, -0.2) is 18.4 Å². The predicted molar refractivity (Wildman–Crippen MR) is 167 cm³/mol. The molecule has 0 fully saturated rings. The number of benzene rings is 4. The molecule has 0 spiro atoms. The monoisotopic (exact) mass is 642 g/mol. The number of sulfonamides is 1. The number of hydrogen-bond donors (Lipinski definition) is 4. The number of ether oxygens (including phenoxy) is 1. The number of aliphatic carboxylic acids is 1. The summed E-state index contributed by atoms with van der Waals surface area (Å²) >= 11 is 0. The van der Waals surface area contributed by atoms with Crippen LogP contribution in [0.15, 0.2) is 108 Å². The fourth-order valence-corrected chi connectivity index (χ4v) is 5.07. The van der Waals surface area contributed by atoms with Gasteiger partial charge in [0, 0.05) is 23.4 Å². The van der Waals surface area contributed by atoms with Gasteiger partial charge in [0.2, 0.25) is 10.0 Å². The molecule has 45 heavy (non-hydrogen) atoms. The Hall–Kier alpha value is -4.88. The molecule has 0 aliphatic heterocycles. The van der Waals surface area contributed by atoms with E-state index in [0.29, 0.717) is 24.3 Å². The quantitative estimate of drug-likeness (QED) is 0.118. The van der Waals surface area contributed by atoms with Crippen molar-refractivity contribution in [3.05, 3.63) is 114 Å². The number of nitrogens with two attached hydrogens (primary N) is 2. The van der Waals surface area contributed by atoms with Gasteiger partial charge in [-0.05, 0) is 54.3 Å². The Bertz CT molecular complexity index is 1680. The summed E-state index contributed by atoms with van der Waals surface area (Å²) in [6.07, 6.45) is -3.34. The van der Waals surface area contributed by atoms with Gasteiger partial charge < -0.3 is 20.5 Å². The molecule has 13 heteroatoms.